The Morgan fingerprint density at radius 2 is 2.00 bits per heavy atom. The van der Waals surface area contributed by atoms with E-state index in [0.717, 1.165) is 23.1 Å². The molecule has 6 nitrogen and oxygen atoms in total. The van der Waals surface area contributed by atoms with E-state index in [4.69, 9.17) is 9.47 Å². The molecule has 2 rings (SSSR count). The molecule has 0 spiro atoms. The van der Waals surface area contributed by atoms with E-state index in [9.17, 15) is 14.7 Å². The van der Waals surface area contributed by atoms with Crippen LogP contribution in [-0.2, 0) is 9.47 Å². The molecule has 0 saturated carbocycles. The number of aryl methyl sites for hydroxylation is 3. The van der Waals surface area contributed by atoms with Gasteiger partial charge in [-0.2, -0.15) is 0 Å². The fourth-order valence-corrected chi connectivity index (χ4v) is 3.13. The van der Waals surface area contributed by atoms with Crippen LogP contribution in [0.2, 0.25) is 0 Å². The van der Waals surface area contributed by atoms with Crippen molar-refractivity contribution in [3.63, 3.8) is 0 Å². The van der Waals surface area contributed by atoms with Crippen LogP contribution < -0.4 is 5.32 Å². The van der Waals surface area contributed by atoms with Crippen molar-refractivity contribution in [1.82, 2.24) is 5.32 Å². The van der Waals surface area contributed by atoms with E-state index < -0.39 is 30.3 Å². The van der Waals surface area contributed by atoms with Crippen LogP contribution in [0.4, 0.5) is 4.79 Å². The molecule has 1 saturated heterocycles. The Balaban J connectivity index is 2.15. The number of nitrogens with one attached hydrogen (secondary N) is 1. The van der Waals surface area contributed by atoms with Crippen molar-refractivity contribution in [2.75, 3.05) is 6.61 Å². The number of esters is 1. The molecule has 0 aliphatic carbocycles. The summed E-state index contributed by atoms with van der Waals surface area (Å²) in [7, 11) is 0. The van der Waals surface area contributed by atoms with Crippen molar-refractivity contribution in [2.24, 2.45) is 0 Å². The van der Waals surface area contributed by atoms with Gasteiger partial charge in [-0.25, -0.2) is 9.59 Å². The first-order chi connectivity index (χ1) is 11.3. The minimum Gasteiger partial charge on any atom is -0.456 e. The number of ether oxygens (including phenoxy) is 2. The van der Waals surface area contributed by atoms with Crippen molar-refractivity contribution >= 4 is 12.1 Å². The first-order valence-electron chi connectivity index (χ1n) is 8.23. The summed E-state index contributed by atoms with van der Waals surface area (Å²) >= 11 is 0. The molecule has 1 aliphatic rings. The van der Waals surface area contributed by atoms with Crippen LogP contribution in [0.5, 0.6) is 0 Å². The van der Waals surface area contributed by atoms with Gasteiger partial charge >= 0.3 is 12.1 Å². The highest BCUT2D eigenvalue weighted by Crippen LogP contribution is 2.21. The minimum absolute atomic E-state index is 0.0698. The van der Waals surface area contributed by atoms with Crippen LogP contribution in [0.1, 0.15) is 46.8 Å². The molecule has 0 radical (unpaired) electrons. The summed E-state index contributed by atoms with van der Waals surface area (Å²) in [6.07, 6.45) is -1.03. The zero-order chi connectivity index (χ0) is 17.9. The first-order valence-corrected chi connectivity index (χ1v) is 8.23. The van der Waals surface area contributed by atoms with Crippen LogP contribution in [0.15, 0.2) is 12.1 Å². The molecule has 1 heterocycles. The van der Waals surface area contributed by atoms with E-state index in [1.54, 1.807) is 0 Å². The smallest absolute Gasteiger partial charge is 0.407 e. The third-order valence-electron chi connectivity index (χ3n) is 4.20. The summed E-state index contributed by atoms with van der Waals surface area (Å²) in [5, 5.41) is 13.0. The molecule has 1 aromatic carbocycles. The monoisotopic (exact) mass is 335 g/mol. The molecule has 1 amide bonds. The Hall–Kier alpha value is -2.08. The van der Waals surface area contributed by atoms with Crippen LogP contribution in [0, 0.1) is 20.8 Å². The van der Waals surface area contributed by atoms with Crippen LogP contribution >= 0.6 is 0 Å². The van der Waals surface area contributed by atoms with Gasteiger partial charge in [-0.1, -0.05) is 31.0 Å². The molecule has 3 atom stereocenters. The van der Waals surface area contributed by atoms with Crippen LogP contribution in [0.3, 0.4) is 0 Å². The fourth-order valence-electron chi connectivity index (χ4n) is 3.13. The van der Waals surface area contributed by atoms with Crippen molar-refractivity contribution in [2.45, 2.75) is 58.8 Å². The number of benzene rings is 1. The number of hydrogen-bond acceptors (Lipinski definition) is 5. The minimum atomic E-state index is -1.01. The average Bonchev–Trinajstić information content (AvgIpc) is 2.91. The molecule has 24 heavy (non-hydrogen) atoms. The van der Waals surface area contributed by atoms with Gasteiger partial charge in [0.05, 0.1) is 11.6 Å². The average molecular weight is 335 g/mol. The molecule has 6 heteroatoms. The number of amides is 1. The third-order valence-corrected chi connectivity index (χ3v) is 4.20. The number of cyclic esters (lactones) is 1. The fraction of sp³-hybridized carbons (Fsp3) is 0.556. The highest BCUT2D eigenvalue weighted by molar-refractivity contribution is 5.93. The zero-order valence-corrected chi connectivity index (χ0v) is 14.6. The van der Waals surface area contributed by atoms with Crippen molar-refractivity contribution in [1.29, 1.82) is 0 Å². The molecule has 1 aromatic rings. The Morgan fingerprint density at radius 1 is 1.38 bits per heavy atom. The lowest BCUT2D eigenvalue weighted by molar-refractivity contribution is -0.0335. The maximum absolute atomic E-state index is 12.6. The van der Waals surface area contributed by atoms with E-state index >= 15 is 0 Å². The molecule has 0 aromatic heterocycles. The van der Waals surface area contributed by atoms with Crippen molar-refractivity contribution in [3.8, 4) is 0 Å². The predicted molar refractivity (Wildman–Crippen MR) is 89.0 cm³/mol. The van der Waals surface area contributed by atoms with Gasteiger partial charge in [0.25, 0.3) is 0 Å². The maximum atomic E-state index is 12.6. The molecule has 132 valence electrons. The van der Waals surface area contributed by atoms with Gasteiger partial charge in [-0.15, -0.1) is 0 Å². The van der Waals surface area contributed by atoms with E-state index in [0.29, 0.717) is 12.0 Å². The highest BCUT2D eigenvalue weighted by atomic mass is 16.6. The zero-order valence-electron chi connectivity index (χ0n) is 14.6. The number of carbonyl (C=O) groups is 2. The highest BCUT2D eigenvalue weighted by Gasteiger charge is 2.36. The molecule has 0 unspecified atom stereocenters. The van der Waals surface area contributed by atoms with Crippen LogP contribution in [-0.4, -0.2) is 42.0 Å². The van der Waals surface area contributed by atoms with Gasteiger partial charge in [0.2, 0.25) is 0 Å². The summed E-state index contributed by atoms with van der Waals surface area (Å²) in [5.41, 5.74) is 3.30. The van der Waals surface area contributed by atoms with Crippen LogP contribution in [0.25, 0.3) is 0 Å². The summed E-state index contributed by atoms with van der Waals surface area (Å²) in [4.78, 5) is 23.8. The lowest BCUT2D eigenvalue weighted by atomic mass is 9.99. The summed E-state index contributed by atoms with van der Waals surface area (Å²) in [6.45, 7) is 7.72. The summed E-state index contributed by atoms with van der Waals surface area (Å²) < 4.78 is 10.4. The molecular formula is C18H25NO5. The maximum Gasteiger partial charge on any atom is 0.407 e. The number of alkyl carbamates (subject to hydrolysis) is 1. The molecule has 0 bridgehead atoms. The second-order valence-electron chi connectivity index (χ2n) is 6.35. The Kier molecular flexibility index (Phi) is 5.83. The van der Waals surface area contributed by atoms with Gasteiger partial charge in [-0.3, -0.25) is 0 Å². The lowest BCUT2D eigenvalue weighted by Gasteiger charge is -2.26. The van der Waals surface area contributed by atoms with E-state index in [-0.39, 0.29) is 6.61 Å². The largest absolute Gasteiger partial charge is 0.456 e. The Labute approximate surface area is 142 Å². The first kappa shape index (κ1) is 18.3. The van der Waals surface area contributed by atoms with E-state index in [2.05, 4.69) is 5.32 Å². The van der Waals surface area contributed by atoms with Crippen molar-refractivity contribution in [3.05, 3.63) is 34.4 Å². The molecule has 1 fully saturated rings. The SMILES string of the molecule is CCC[C@@H](OC(=O)c1c(C)cc(C)cc1C)[C@@H](O)[C@@H]1COC(=O)N1. The van der Waals surface area contributed by atoms with E-state index in [1.165, 1.54) is 0 Å². The van der Waals surface area contributed by atoms with Gasteiger partial charge in [0.1, 0.15) is 18.8 Å². The van der Waals surface area contributed by atoms with Gasteiger partial charge in [-0.05, 0) is 38.3 Å². The standard InChI is InChI=1S/C18H25NO5/c1-5-6-14(16(20)13-9-23-18(22)19-13)24-17(21)15-11(3)7-10(2)8-12(15)4/h7-8,13-14,16,20H,5-6,9H2,1-4H3,(H,19,22)/t13-,14+,16-/m0/s1. The van der Waals surface area contributed by atoms with E-state index in [1.807, 2.05) is 39.8 Å². The quantitative estimate of drug-likeness (QED) is 0.780. The molecular weight excluding hydrogens is 310 g/mol. The second kappa shape index (κ2) is 7.66. The van der Waals surface area contributed by atoms with Gasteiger partial charge in [0, 0.05) is 0 Å². The number of rotatable bonds is 6. The summed E-state index contributed by atoms with van der Waals surface area (Å²) in [5.74, 6) is -0.451. The number of aliphatic hydroxyl groups is 1. The summed E-state index contributed by atoms with van der Waals surface area (Å²) in [6, 6.07) is 3.29. The third kappa shape index (κ3) is 4.06. The molecule has 1 aliphatic heterocycles. The number of carbonyl (C=O) groups excluding carboxylic acids is 2. The predicted octanol–water partition coefficient (Wildman–Crippen LogP) is 2.41. The lowest BCUT2D eigenvalue weighted by Crippen LogP contribution is -2.46. The normalized spacial score (nSPS) is 19.4. The number of aliphatic hydroxyl groups excluding tert-OH is 1. The molecule has 2 N–H and O–H groups in total. The van der Waals surface area contributed by atoms with Gasteiger partial charge in [0.15, 0.2) is 0 Å². The number of hydrogen-bond donors (Lipinski definition) is 2. The van der Waals surface area contributed by atoms with Gasteiger partial charge < -0.3 is 19.9 Å². The second-order valence-corrected chi connectivity index (χ2v) is 6.35. The van der Waals surface area contributed by atoms with Crippen molar-refractivity contribution < 1.29 is 24.2 Å². The Morgan fingerprint density at radius 3 is 2.50 bits per heavy atom. The topological polar surface area (TPSA) is 84.9 Å². The Bertz CT molecular complexity index is 605.